The van der Waals surface area contributed by atoms with Crippen LogP contribution in [0.15, 0.2) is 12.4 Å². The van der Waals surface area contributed by atoms with Crippen molar-refractivity contribution in [1.82, 2.24) is 4.98 Å². The second kappa shape index (κ2) is 38.9. The van der Waals surface area contributed by atoms with Gasteiger partial charge in [0, 0.05) is 0 Å². The number of imidazole rings is 1. The summed E-state index contributed by atoms with van der Waals surface area (Å²) in [6.07, 6.45) is 62.1. The average molecular weight is 714 g/mol. The smallest absolute Gasteiger partial charge is 0.247 e. The van der Waals surface area contributed by atoms with Crippen LogP contribution in [0.1, 0.15) is 302 Å². The van der Waals surface area contributed by atoms with E-state index in [1.165, 1.54) is 257 Å². The summed E-state index contributed by atoms with van der Waals surface area (Å²) < 4.78 is 2.66. The van der Waals surface area contributed by atoms with Crippen molar-refractivity contribution in [3.63, 3.8) is 0 Å². The van der Waals surface area contributed by atoms with E-state index in [1.807, 2.05) is 0 Å². The molecule has 0 spiro atoms. The van der Waals surface area contributed by atoms with E-state index in [0.29, 0.717) is 12.0 Å². The number of hydrogen-bond acceptors (Lipinski definition) is 0. The Bertz CT molecular complexity index is 783. The fraction of sp³-hybridized carbons (Fsp3) is 0.939. The highest BCUT2D eigenvalue weighted by Crippen LogP contribution is 2.28. The molecular formula is C49H97N2+. The van der Waals surface area contributed by atoms with Crippen LogP contribution in [0, 0.1) is 0 Å². The molecular weight excluding hydrogens is 617 g/mol. The molecule has 0 aliphatic heterocycles. The summed E-state index contributed by atoms with van der Waals surface area (Å²) in [7, 11) is 0. The van der Waals surface area contributed by atoms with Crippen LogP contribution in [0.3, 0.4) is 0 Å². The highest BCUT2D eigenvalue weighted by molar-refractivity contribution is 4.90. The Hall–Kier alpha value is -0.790. The maximum Gasteiger partial charge on any atom is 0.257 e. The second-order valence-corrected chi connectivity index (χ2v) is 17.2. The first-order chi connectivity index (χ1) is 25.2. The van der Waals surface area contributed by atoms with Gasteiger partial charge in [-0.2, -0.15) is 0 Å². The topological polar surface area (TPSA) is 19.7 Å². The highest BCUT2D eigenvalue weighted by atomic mass is 15.1. The zero-order chi connectivity index (χ0) is 36.7. The monoisotopic (exact) mass is 714 g/mol. The molecule has 1 rings (SSSR count). The summed E-state index contributed by atoms with van der Waals surface area (Å²) in [6, 6.07) is 0.616. The van der Waals surface area contributed by atoms with Crippen LogP contribution in [0.2, 0.25) is 0 Å². The van der Waals surface area contributed by atoms with Gasteiger partial charge in [0.05, 0.1) is 12.0 Å². The Balaban J connectivity index is 2.36. The SMILES string of the molecule is CCCCCCCCCCCCCCCCC(C)[n+]1cc[nH]c1C(CCCCCCCCCCCCC)CCCCCCCCCCCCCC. The number of H-pyrrole nitrogens is 1. The minimum atomic E-state index is 0.616. The fourth-order valence-corrected chi connectivity index (χ4v) is 8.55. The molecule has 0 bridgehead atoms. The van der Waals surface area contributed by atoms with Gasteiger partial charge in [-0.1, -0.05) is 252 Å². The standard InChI is InChI=1S/C49H96N2/c1-5-8-11-14-17-20-23-25-26-28-30-33-36-39-42-47(4)51-46-45-50-49(51)48(43-40-37-34-31-27-22-19-16-13-10-7-3)44-41-38-35-32-29-24-21-18-15-12-9-6-2/h45-48H,5-44H2,1-4H3/p+1. The first kappa shape index (κ1) is 48.2. The third kappa shape index (κ3) is 30.3. The predicted octanol–water partition coefficient (Wildman–Crippen LogP) is 17.6. The Morgan fingerprint density at radius 3 is 0.922 bits per heavy atom. The lowest BCUT2D eigenvalue weighted by Crippen LogP contribution is -2.41. The Morgan fingerprint density at radius 1 is 0.373 bits per heavy atom. The van der Waals surface area contributed by atoms with E-state index in [9.17, 15) is 0 Å². The molecule has 0 aliphatic rings. The Kier molecular flexibility index (Phi) is 36.8. The maximum absolute atomic E-state index is 3.78. The average Bonchev–Trinajstić information content (AvgIpc) is 3.63. The third-order valence-electron chi connectivity index (χ3n) is 12.1. The van der Waals surface area contributed by atoms with Gasteiger partial charge in [-0.3, -0.25) is 0 Å². The van der Waals surface area contributed by atoms with Gasteiger partial charge < -0.3 is 0 Å². The van der Waals surface area contributed by atoms with E-state index in [0.717, 1.165) is 0 Å². The van der Waals surface area contributed by atoms with E-state index in [-0.39, 0.29) is 0 Å². The molecule has 1 heterocycles. The molecule has 0 saturated carbocycles. The lowest BCUT2D eigenvalue weighted by atomic mass is 9.92. The highest BCUT2D eigenvalue weighted by Gasteiger charge is 2.25. The maximum atomic E-state index is 3.78. The third-order valence-corrected chi connectivity index (χ3v) is 12.1. The molecule has 0 aliphatic carbocycles. The number of nitrogens with zero attached hydrogens (tertiary/aromatic N) is 1. The molecule has 1 N–H and O–H groups in total. The molecule has 51 heavy (non-hydrogen) atoms. The molecule has 2 unspecified atom stereocenters. The van der Waals surface area contributed by atoms with Crippen molar-refractivity contribution in [3.8, 4) is 0 Å². The van der Waals surface area contributed by atoms with Gasteiger partial charge in [-0.05, 0) is 32.6 Å². The molecule has 0 aromatic carbocycles. The Morgan fingerprint density at radius 2 is 0.627 bits per heavy atom. The summed E-state index contributed by atoms with van der Waals surface area (Å²) in [5.74, 6) is 2.25. The molecule has 1 aromatic rings. The molecule has 0 radical (unpaired) electrons. The van der Waals surface area contributed by atoms with E-state index < -0.39 is 0 Å². The minimum absolute atomic E-state index is 0.616. The van der Waals surface area contributed by atoms with E-state index in [2.05, 4.69) is 49.6 Å². The molecule has 1 aromatic heterocycles. The number of aromatic amines is 1. The van der Waals surface area contributed by atoms with Crippen molar-refractivity contribution in [2.45, 2.75) is 296 Å². The second-order valence-electron chi connectivity index (χ2n) is 17.2. The molecule has 0 saturated heterocycles. The van der Waals surface area contributed by atoms with E-state index in [1.54, 1.807) is 5.82 Å². The van der Waals surface area contributed by atoms with Gasteiger partial charge >= 0.3 is 0 Å². The van der Waals surface area contributed by atoms with Gasteiger partial charge in [-0.25, -0.2) is 9.55 Å². The largest absolute Gasteiger partial charge is 0.257 e. The molecule has 2 heteroatoms. The lowest BCUT2D eigenvalue weighted by molar-refractivity contribution is -0.727. The summed E-state index contributed by atoms with van der Waals surface area (Å²) in [4.78, 5) is 3.78. The number of aromatic nitrogens is 2. The van der Waals surface area contributed by atoms with Crippen molar-refractivity contribution in [2.24, 2.45) is 0 Å². The van der Waals surface area contributed by atoms with Gasteiger partial charge in [0.25, 0.3) is 5.82 Å². The minimum Gasteiger partial charge on any atom is -0.247 e. The van der Waals surface area contributed by atoms with Gasteiger partial charge in [0.15, 0.2) is 0 Å². The summed E-state index contributed by atoms with van der Waals surface area (Å²) >= 11 is 0. The lowest BCUT2D eigenvalue weighted by Gasteiger charge is -2.17. The van der Waals surface area contributed by atoms with Crippen LogP contribution in [0.25, 0.3) is 0 Å². The van der Waals surface area contributed by atoms with Crippen molar-refractivity contribution < 1.29 is 4.57 Å². The number of rotatable bonds is 42. The van der Waals surface area contributed by atoms with Gasteiger partial charge in [0.1, 0.15) is 12.4 Å². The summed E-state index contributed by atoms with van der Waals surface area (Å²) in [6.45, 7) is 9.44. The van der Waals surface area contributed by atoms with Crippen LogP contribution in [0.4, 0.5) is 0 Å². The van der Waals surface area contributed by atoms with Crippen LogP contribution >= 0.6 is 0 Å². The number of nitrogens with one attached hydrogen (secondary N) is 1. The molecule has 0 fully saturated rings. The van der Waals surface area contributed by atoms with E-state index >= 15 is 0 Å². The van der Waals surface area contributed by atoms with Crippen molar-refractivity contribution >= 4 is 0 Å². The van der Waals surface area contributed by atoms with Crippen molar-refractivity contribution in [2.75, 3.05) is 0 Å². The molecule has 302 valence electrons. The Labute approximate surface area is 323 Å². The summed E-state index contributed by atoms with van der Waals surface area (Å²) in [5.41, 5.74) is 0. The van der Waals surface area contributed by atoms with Gasteiger partial charge in [0.2, 0.25) is 0 Å². The number of hydrogen-bond donors (Lipinski definition) is 1. The van der Waals surface area contributed by atoms with Crippen LogP contribution in [-0.4, -0.2) is 4.98 Å². The van der Waals surface area contributed by atoms with Crippen molar-refractivity contribution in [3.05, 3.63) is 18.2 Å². The number of unbranched alkanes of at least 4 members (excludes halogenated alkanes) is 34. The fourth-order valence-electron chi connectivity index (χ4n) is 8.55. The van der Waals surface area contributed by atoms with Crippen molar-refractivity contribution in [1.29, 1.82) is 0 Å². The van der Waals surface area contributed by atoms with Crippen LogP contribution in [0.5, 0.6) is 0 Å². The van der Waals surface area contributed by atoms with Gasteiger partial charge in [-0.15, -0.1) is 0 Å². The summed E-state index contributed by atoms with van der Waals surface area (Å²) in [5, 5.41) is 0. The zero-order valence-electron chi connectivity index (χ0n) is 36.0. The first-order valence-corrected chi connectivity index (χ1v) is 24.3. The zero-order valence-corrected chi connectivity index (χ0v) is 36.0. The molecule has 2 nitrogen and oxygen atoms in total. The normalized spacial score (nSPS) is 12.9. The molecule has 2 atom stereocenters. The first-order valence-electron chi connectivity index (χ1n) is 24.3. The van der Waals surface area contributed by atoms with E-state index in [4.69, 9.17) is 0 Å². The van der Waals surface area contributed by atoms with Crippen LogP contribution < -0.4 is 4.57 Å². The molecule has 0 amide bonds. The quantitative estimate of drug-likeness (QED) is 0.0514. The predicted molar refractivity (Wildman–Crippen MR) is 230 cm³/mol. The van der Waals surface area contributed by atoms with Crippen LogP contribution in [-0.2, 0) is 0 Å².